The maximum atomic E-state index is 12.5. The highest BCUT2D eigenvalue weighted by Gasteiger charge is 2.33. The largest absolute Gasteiger partial charge is 0.357 e. The first-order valence-electron chi connectivity index (χ1n) is 10.5. The lowest BCUT2D eigenvalue weighted by Crippen LogP contribution is -2.33. The van der Waals surface area contributed by atoms with Gasteiger partial charge in [0.2, 0.25) is 11.8 Å². The van der Waals surface area contributed by atoms with E-state index in [4.69, 9.17) is 0 Å². The molecule has 0 radical (unpaired) electrons. The van der Waals surface area contributed by atoms with Crippen molar-refractivity contribution >= 4 is 17.6 Å². The maximum Gasteiger partial charge on any atom is 0.225 e. The molecule has 2 aliphatic heterocycles. The number of likely N-dealkylation sites (tertiary alicyclic amines) is 1. The number of rotatable bonds is 7. The Morgan fingerprint density at radius 1 is 1.07 bits per heavy atom. The van der Waals surface area contributed by atoms with Crippen LogP contribution in [0, 0.1) is 5.92 Å². The molecule has 0 bridgehead atoms. The summed E-state index contributed by atoms with van der Waals surface area (Å²) in [7, 11) is 0. The van der Waals surface area contributed by atoms with Crippen LogP contribution < -0.4 is 10.2 Å². The summed E-state index contributed by atoms with van der Waals surface area (Å²) in [6.45, 7) is 3.75. The molecule has 2 amide bonds. The second-order valence-corrected chi connectivity index (χ2v) is 7.91. The van der Waals surface area contributed by atoms with Crippen molar-refractivity contribution in [2.24, 2.45) is 5.92 Å². The van der Waals surface area contributed by atoms with Crippen LogP contribution in [-0.4, -0.2) is 47.9 Å². The third kappa shape index (κ3) is 4.94. The van der Waals surface area contributed by atoms with Gasteiger partial charge in [-0.2, -0.15) is 0 Å². The Morgan fingerprint density at radius 2 is 1.86 bits per heavy atom. The molecule has 1 N–H and O–H groups in total. The highest BCUT2D eigenvalue weighted by atomic mass is 16.2. The summed E-state index contributed by atoms with van der Waals surface area (Å²) >= 11 is 0. The molecule has 1 unspecified atom stereocenters. The van der Waals surface area contributed by atoms with E-state index in [0.29, 0.717) is 26.1 Å². The molecule has 2 aliphatic rings. The molecule has 4 rings (SSSR count). The highest BCUT2D eigenvalue weighted by Crippen LogP contribution is 2.20. The van der Waals surface area contributed by atoms with E-state index in [9.17, 15) is 9.59 Å². The fourth-order valence-corrected chi connectivity index (χ4v) is 4.06. The van der Waals surface area contributed by atoms with Gasteiger partial charge in [0, 0.05) is 45.3 Å². The van der Waals surface area contributed by atoms with Crippen molar-refractivity contribution in [1.82, 2.24) is 15.2 Å². The van der Waals surface area contributed by atoms with Crippen molar-refractivity contribution in [3.63, 3.8) is 0 Å². The number of carbonyl (C=O) groups excluding carboxylic acids is 2. The van der Waals surface area contributed by atoms with E-state index in [1.54, 1.807) is 0 Å². The minimum Gasteiger partial charge on any atom is -0.357 e. The summed E-state index contributed by atoms with van der Waals surface area (Å²) in [5, 5.41) is 2.97. The number of nitrogens with one attached hydrogen (secondary N) is 1. The Hall–Kier alpha value is -2.89. The molecule has 2 saturated heterocycles. The van der Waals surface area contributed by atoms with Crippen LogP contribution in [0.2, 0.25) is 0 Å². The second kappa shape index (κ2) is 9.07. The maximum absolute atomic E-state index is 12.5. The van der Waals surface area contributed by atoms with E-state index in [1.165, 1.54) is 18.4 Å². The quantitative estimate of drug-likeness (QED) is 0.786. The van der Waals surface area contributed by atoms with Gasteiger partial charge in [-0.3, -0.25) is 9.59 Å². The monoisotopic (exact) mass is 392 g/mol. The van der Waals surface area contributed by atoms with E-state index in [0.717, 1.165) is 30.9 Å². The number of anilines is 1. The lowest BCUT2D eigenvalue weighted by molar-refractivity contribution is -0.129. The number of amides is 2. The Bertz CT molecular complexity index is 832. The van der Waals surface area contributed by atoms with Gasteiger partial charge < -0.3 is 15.1 Å². The third-order valence-corrected chi connectivity index (χ3v) is 5.80. The predicted molar refractivity (Wildman–Crippen MR) is 112 cm³/mol. The Balaban J connectivity index is 1.24. The topological polar surface area (TPSA) is 65.5 Å². The lowest BCUT2D eigenvalue weighted by Gasteiger charge is -2.17. The van der Waals surface area contributed by atoms with Gasteiger partial charge in [0.25, 0.3) is 0 Å². The van der Waals surface area contributed by atoms with Crippen LogP contribution in [0.4, 0.5) is 5.82 Å². The second-order valence-electron chi connectivity index (χ2n) is 7.91. The van der Waals surface area contributed by atoms with Gasteiger partial charge in [0.15, 0.2) is 0 Å². The van der Waals surface area contributed by atoms with Gasteiger partial charge in [-0.1, -0.05) is 36.4 Å². The zero-order valence-corrected chi connectivity index (χ0v) is 16.7. The van der Waals surface area contributed by atoms with Crippen LogP contribution in [0.5, 0.6) is 0 Å². The normalized spacial score (nSPS) is 19.0. The Morgan fingerprint density at radius 3 is 2.59 bits per heavy atom. The average Bonchev–Trinajstić information content (AvgIpc) is 3.42. The molecular weight excluding hydrogens is 364 g/mol. The minimum atomic E-state index is -0.268. The SMILES string of the molecule is O=C(NCc1ccc(N2CCCC2)nc1)C1CC(=O)N(CCc2ccccc2)C1. The smallest absolute Gasteiger partial charge is 0.225 e. The summed E-state index contributed by atoms with van der Waals surface area (Å²) in [5.41, 5.74) is 2.18. The van der Waals surface area contributed by atoms with E-state index in [1.807, 2.05) is 41.4 Å². The fourth-order valence-electron chi connectivity index (χ4n) is 4.06. The molecule has 6 heteroatoms. The van der Waals surface area contributed by atoms with Gasteiger partial charge in [-0.25, -0.2) is 4.98 Å². The number of carbonyl (C=O) groups is 2. The van der Waals surface area contributed by atoms with Crippen molar-refractivity contribution < 1.29 is 9.59 Å². The van der Waals surface area contributed by atoms with Crippen LogP contribution in [0.15, 0.2) is 48.7 Å². The van der Waals surface area contributed by atoms with Gasteiger partial charge in [0.05, 0.1) is 5.92 Å². The first kappa shape index (κ1) is 19.4. The van der Waals surface area contributed by atoms with E-state index >= 15 is 0 Å². The number of pyridine rings is 1. The standard InChI is InChI=1S/C23H28N4O2/c28-22-14-20(17-27(22)13-10-18-6-2-1-3-7-18)23(29)25-16-19-8-9-21(24-15-19)26-11-4-5-12-26/h1-3,6-9,15,20H,4-5,10-14,16-17H2,(H,25,29). The molecule has 0 saturated carbocycles. The zero-order chi connectivity index (χ0) is 20.1. The lowest BCUT2D eigenvalue weighted by atomic mass is 10.1. The fraction of sp³-hybridized carbons (Fsp3) is 0.435. The first-order valence-corrected chi connectivity index (χ1v) is 10.5. The van der Waals surface area contributed by atoms with Crippen LogP contribution in [-0.2, 0) is 22.6 Å². The molecule has 152 valence electrons. The molecule has 29 heavy (non-hydrogen) atoms. The molecule has 1 aromatic heterocycles. The number of aromatic nitrogens is 1. The van der Waals surface area contributed by atoms with Gasteiger partial charge in [-0.05, 0) is 36.5 Å². The van der Waals surface area contributed by atoms with Crippen LogP contribution in [0.1, 0.15) is 30.4 Å². The molecule has 2 aromatic rings. The van der Waals surface area contributed by atoms with Crippen molar-refractivity contribution in [2.45, 2.75) is 32.2 Å². The molecule has 2 fully saturated rings. The summed E-state index contributed by atoms with van der Waals surface area (Å²) < 4.78 is 0. The molecule has 0 spiro atoms. The molecular formula is C23H28N4O2. The summed E-state index contributed by atoms with van der Waals surface area (Å²) in [6, 6.07) is 14.2. The van der Waals surface area contributed by atoms with Crippen LogP contribution in [0.3, 0.4) is 0 Å². The summed E-state index contributed by atoms with van der Waals surface area (Å²) in [5.74, 6) is 0.755. The molecule has 0 aliphatic carbocycles. The average molecular weight is 393 g/mol. The summed E-state index contributed by atoms with van der Waals surface area (Å²) in [4.78, 5) is 33.4. The first-order chi connectivity index (χ1) is 14.2. The van der Waals surface area contributed by atoms with Crippen molar-refractivity contribution in [3.8, 4) is 0 Å². The molecule has 3 heterocycles. The number of benzene rings is 1. The Kier molecular flexibility index (Phi) is 6.08. The third-order valence-electron chi connectivity index (χ3n) is 5.80. The number of nitrogens with zero attached hydrogens (tertiary/aromatic N) is 3. The van der Waals surface area contributed by atoms with Crippen molar-refractivity contribution in [2.75, 3.05) is 31.1 Å². The highest BCUT2D eigenvalue weighted by molar-refractivity contribution is 5.89. The Labute approximate surface area is 171 Å². The minimum absolute atomic E-state index is 0.0517. The van der Waals surface area contributed by atoms with Gasteiger partial charge >= 0.3 is 0 Å². The molecule has 1 atom stereocenters. The number of hydrogen-bond donors (Lipinski definition) is 1. The van der Waals surface area contributed by atoms with Gasteiger partial charge in [-0.15, -0.1) is 0 Å². The van der Waals surface area contributed by atoms with Gasteiger partial charge in [0.1, 0.15) is 5.82 Å². The van der Waals surface area contributed by atoms with E-state index in [-0.39, 0.29) is 17.7 Å². The summed E-state index contributed by atoms with van der Waals surface area (Å²) in [6.07, 6.45) is 5.40. The predicted octanol–water partition coefficient (Wildman–Crippen LogP) is 2.39. The van der Waals surface area contributed by atoms with E-state index in [2.05, 4.69) is 27.3 Å². The van der Waals surface area contributed by atoms with Crippen molar-refractivity contribution in [1.29, 1.82) is 0 Å². The van der Waals surface area contributed by atoms with Crippen LogP contribution >= 0.6 is 0 Å². The molecule has 1 aromatic carbocycles. The van der Waals surface area contributed by atoms with Crippen molar-refractivity contribution in [3.05, 3.63) is 59.8 Å². The van der Waals surface area contributed by atoms with E-state index < -0.39 is 0 Å². The van der Waals surface area contributed by atoms with Crippen LogP contribution in [0.25, 0.3) is 0 Å². The number of hydrogen-bond acceptors (Lipinski definition) is 4. The zero-order valence-electron chi connectivity index (χ0n) is 16.7. The molecule has 6 nitrogen and oxygen atoms in total.